The molecule has 0 unspecified atom stereocenters. The number of benzene rings is 1. The van der Waals surface area contributed by atoms with Crippen molar-refractivity contribution in [3.63, 3.8) is 0 Å². The zero-order valence-corrected chi connectivity index (χ0v) is 12.3. The van der Waals surface area contributed by atoms with E-state index in [1.807, 2.05) is 0 Å². The van der Waals surface area contributed by atoms with Crippen LogP contribution in [-0.4, -0.2) is 17.2 Å². The Labute approximate surface area is 125 Å². The number of hydrogen-bond acceptors (Lipinski definition) is 2. The van der Waals surface area contributed by atoms with E-state index in [0.717, 1.165) is 18.9 Å². The molecular weight excluding hydrogens is 273 g/mol. The summed E-state index contributed by atoms with van der Waals surface area (Å²) in [4.78, 5) is 0. The van der Waals surface area contributed by atoms with Gasteiger partial charge in [-0.05, 0) is 12.5 Å². The lowest BCUT2D eigenvalue weighted by atomic mass is 9.79. The molecule has 0 aliphatic heterocycles. The summed E-state index contributed by atoms with van der Waals surface area (Å²) in [7, 11) is -2.02. The standard InChI is InChI=1S/C16H21BF2O2/c1-2-3-4-5-6-7-8-9-10-13-11-12-14(17(20)21)16(19)15(13)18/h11-12,20-21H,2-8H2,1H3. The molecule has 0 saturated heterocycles. The predicted molar refractivity (Wildman–Crippen MR) is 81.1 cm³/mol. The fourth-order valence-corrected chi connectivity index (χ4v) is 2.01. The molecule has 21 heavy (non-hydrogen) atoms. The first-order chi connectivity index (χ1) is 10.1. The number of halogens is 2. The molecule has 5 heteroatoms. The zero-order chi connectivity index (χ0) is 15.7. The van der Waals surface area contributed by atoms with Crippen molar-refractivity contribution in [3.8, 4) is 11.8 Å². The Morgan fingerprint density at radius 1 is 1.00 bits per heavy atom. The van der Waals surface area contributed by atoms with E-state index >= 15 is 0 Å². The second-order valence-electron chi connectivity index (χ2n) is 5.02. The molecule has 0 amide bonds. The molecule has 2 N–H and O–H groups in total. The van der Waals surface area contributed by atoms with E-state index in [9.17, 15) is 8.78 Å². The number of hydrogen-bond donors (Lipinski definition) is 2. The van der Waals surface area contributed by atoms with Crippen molar-refractivity contribution in [2.75, 3.05) is 0 Å². The van der Waals surface area contributed by atoms with Crippen LogP contribution in [0.25, 0.3) is 0 Å². The summed E-state index contributed by atoms with van der Waals surface area (Å²) in [6.07, 6.45) is 7.58. The van der Waals surface area contributed by atoms with Crippen LogP contribution in [0.15, 0.2) is 12.1 Å². The highest BCUT2D eigenvalue weighted by Gasteiger charge is 2.20. The first-order valence-corrected chi connectivity index (χ1v) is 7.40. The van der Waals surface area contributed by atoms with Crippen LogP contribution in [0.1, 0.15) is 57.4 Å². The highest BCUT2D eigenvalue weighted by atomic mass is 19.2. The normalized spacial score (nSPS) is 10.1. The van der Waals surface area contributed by atoms with Gasteiger partial charge in [0, 0.05) is 11.9 Å². The molecule has 0 radical (unpaired) electrons. The van der Waals surface area contributed by atoms with Crippen LogP contribution in [0.2, 0.25) is 0 Å². The van der Waals surface area contributed by atoms with Crippen molar-refractivity contribution in [2.45, 2.75) is 51.9 Å². The molecule has 1 aromatic rings. The first-order valence-electron chi connectivity index (χ1n) is 7.40. The van der Waals surface area contributed by atoms with Gasteiger partial charge in [0.05, 0.1) is 5.56 Å². The van der Waals surface area contributed by atoms with Gasteiger partial charge in [0.15, 0.2) is 11.6 Å². The maximum atomic E-state index is 13.6. The molecule has 0 saturated carbocycles. The van der Waals surface area contributed by atoms with Gasteiger partial charge in [0.2, 0.25) is 0 Å². The smallest absolute Gasteiger partial charge is 0.423 e. The molecule has 0 heterocycles. The van der Waals surface area contributed by atoms with E-state index < -0.39 is 24.2 Å². The van der Waals surface area contributed by atoms with Crippen molar-refractivity contribution < 1.29 is 18.8 Å². The lowest BCUT2D eigenvalue weighted by Gasteiger charge is -2.03. The Balaban J connectivity index is 2.49. The van der Waals surface area contributed by atoms with Gasteiger partial charge in [-0.25, -0.2) is 8.78 Å². The fraction of sp³-hybridized carbons (Fsp3) is 0.500. The Morgan fingerprint density at radius 2 is 1.67 bits per heavy atom. The lowest BCUT2D eigenvalue weighted by molar-refractivity contribution is 0.420. The van der Waals surface area contributed by atoms with Crippen LogP contribution in [0.5, 0.6) is 0 Å². The van der Waals surface area contributed by atoms with E-state index in [4.69, 9.17) is 10.0 Å². The summed E-state index contributed by atoms with van der Waals surface area (Å²) in [6.45, 7) is 2.17. The molecule has 0 aliphatic carbocycles. The van der Waals surface area contributed by atoms with Gasteiger partial charge in [-0.2, -0.15) is 0 Å². The van der Waals surface area contributed by atoms with Crippen LogP contribution >= 0.6 is 0 Å². The van der Waals surface area contributed by atoms with Gasteiger partial charge in [-0.15, -0.1) is 0 Å². The molecular formula is C16H21BF2O2. The van der Waals surface area contributed by atoms with Crippen molar-refractivity contribution in [2.24, 2.45) is 0 Å². The topological polar surface area (TPSA) is 40.5 Å². The highest BCUT2D eigenvalue weighted by molar-refractivity contribution is 6.58. The molecule has 114 valence electrons. The molecule has 0 aliphatic rings. The third kappa shape index (κ3) is 5.87. The summed E-state index contributed by atoms with van der Waals surface area (Å²) in [6, 6.07) is 2.40. The van der Waals surface area contributed by atoms with Crippen molar-refractivity contribution in [1.29, 1.82) is 0 Å². The second kappa shape index (κ2) is 9.54. The molecule has 0 aromatic heterocycles. The van der Waals surface area contributed by atoms with E-state index in [1.165, 1.54) is 31.7 Å². The van der Waals surface area contributed by atoms with E-state index in [-0.39, 0.29) is 5.56 Å². The SMILES string of the molecule is CCCCCCCCC#Cc1ccc(B(O)O)c(F)c1F. The summed E-state index contributed by atoms with van der Waals surface area (Å²) >= 11 is 0. The fourth-order valence-electron chi connectivity index (χ4n) is 2.01. The van der Waals surface area contributed by atoms with Gasteiger partial charge >= 0.3 is 7.12 Å². The van der Waals surface area contributed by atoms with Crippen molar-refractivity contribution in [3.05, 3.63) is 29.3 Å². The van der Waals surface area contributed by atoms with Crippen LogP contribution in [-0.2, 0) is 0 Å². The lowest BCUT2D eigenvalue weighted by Crippen LogP contribution is -2.33. The summed E-state index contributed by atoms with van der Waals surface area (Å²) < 4.78 is 27.1. The number of rotatable bonds is 7. The average molecular weight is 294 g/mol. The third-order valence-electron chi connectivity index (χ3n) is 3.27. The highest BCUT2D eigenvalue weighted by Crippen LogP contribution is 2.10. The Kier molecular flexibility index (Phi) is 8.03. The first kappa shape index (κ1) is 17.7. The van der Waals surface area contributed by atoms with Gasteiger partial charge in [0.1, 0.15) is 0 Å². The molecule has 1 aromatic carbocycles. The maximum absolute atomic E-state index is 13.6. The van der Waals surface area contributed by atoms with Gasteiger partial charge < -0.3 is 10.0 Å². The second-order valence-corrected chi connectivity index (χ2v) is 5.02. The average Bonchev–Trinajstić information content (AvgIpc) is 2.45. The Hall–Kier alpha value is -1.38. The Bertz CT molecular complexity index is 507. The van der Waals surface area contributed by atoms with Gasteiger partial charge in [-0.1, -0.05) is 56.9 Å². The largest absolute Gasteiger partial charge is 0.491 e. The minimum Gasteiger partial charge on any atom is -0.423 e. The van der Waals surface area contributed by atoms with Crippen LogP contribution in [0.3, 0.4) is 0 Å². The number of unbranched alkanes of at least 4 members (excludes halogenated alkanes) is 6. The predicted octanol–water partition coefficient (Wildman–Crippen LogP) is 2.75. The van der Waals surface area contributed by atoms with Crippen molar-refractivity contribution in [1.82, 2.24) is 0 Å². The van der Waals surface area contributed by atoms with Crippen LogP contribution < -0.4 is 5.46 Å². The molecule has 1 rings (SSSR count). The summed E-state index contributed by atoms with van der Waals surface area (Å²) in [5.41, 5.74) is -0.531. The van der Waals surface area contributed by atoms with Gasteiger partial charge in [0.25, 0.3) is 0 Å². The molecule has 0 fully saturated rings. The minimum atomic E-state index is -2.02. The quantitative estimate of drug-likeness (QED) is 0.461. The summed E-state index contributed by atoms with van der Waals surface area (Å²) in [5, 5.41) is 17.7. The van der Waals surface area contributed by atoms with Gasteiger partial charge in [-0.3, -0.25) is 0 Å². The maximum Gasteiger partial charge on any atom is 0.491 e. The van der Waals surface area contributed by atoms with Crippen LogP contribution in [0.4, 0.5) is 8.78 Å². The van der Waals surface area contributed by atoms with E-state index in [0.29, 0.717) is 6.42 Å². The van der Waals surface area contributed by atoms with Crippen LogP contribution in [0, 0.1) is 23.5 Å². The van der Waals surface area contributed by atoms with Crippen molar-refractivity contribution >= 4 is 12.6 Å². The molecule has 0 spiro atoms. The molecule has 2 nitrogen and oxygen atoms in total. The monoisotopic (exact) mass is 294 g/mol. The van der Waals surface area contributed by atoms with E-state index in [1.54, 1.807) is 0 Å². The van der Waals surface area contributed by atoms with E-state index in [2.05, 4.69) is 18.8 Å². The Morgan fingerprint density at radius 3 is 2.33 bits per heavy atom. The minimum absolute atomic E-state index is 0.0529. The third-order valence-corrected chi connectivity index (χ3v) is 3.27. The molecule has 0 atom stereocenters. The zero-order valence-electron chi connectivity index (χ0n) is 12.3. The summed E-state index contributed by atoms with van der Waals surface area (Å²) in [5.74, 6) is 3.04. The molecule has 0 bridgehead atoms.